The van der Waals surface area contributed by atoms with Crippen LogP contribution in [0.15, 0.2) is 16.9 Å². The molecule has 1 atom stereocenters. The molecule has 2 aromatic heterocycles. The van der Waals surface area contributed by atoms with E-state index in [2.05, 4.69) is 36.1 Å². The summed E-state index contributed by atoms with van der Waals surface area (Å²) in [5.41, 5.74) is 6.90. The normalized spacial score (nSPS) is 18.1. The minimum absolute atomic E-state index is 0. The van der Waals surface area contributed by atoms with Crippen molar-refractivity contribution < 1.29 is 9.90 Å². The molecule has 1 amide bonds. The van der Waals surface area contributed by atoms with Gasteiger partial charge in [0, 0.05) is 31.5 Å². The van der Waals surface area contributed by atoms with Crippen LogP contribution in [-0.4, -0.2) is 45.7 Å². The number of nitrogens with one attached hydrogen (secondary N) is 2. The summed E-state index contributed by atoms with van der Waals surface area (Å²) < 4.78 is 0.849. The first-order chi connectivity index (χ1) is 11.3. The van der Waals surface area contributed by atoms with E-state index in [4.69, 9.17) is 5.73 Å². The van der Waals surface area contributed by atoms with Crippen molar-refractivity contribution in [2.45, 2.75) is 38.3 Å². The second-order valence-electron chi connectivity index (χ2n) is 6.74. The Labute approximate surface area is 160 Å². The van der Waals surface area contributed by atoms with Crippen LogP contribution in [0.3, 0.4) is 0 Å². The number of nitrogens with two attached hydrogens (primary N) is 1. The van der Waals surface area contributed by atoms with E-state index < -0.39 is 11.5 Å². The molecule has 5 N–H and O–H groups in total. The van der Waals surface area contributed by atoms with Gasteiger partial charge >= 0.3 is 0 Å². The van der Waals surface area contributed by atoms with Gasteiger partial charge in [-0.2, -0.15) is 0 Å². The monoisotopic (exact) mass is 431 g/mol. The Morgan fingerprint density at radius 2 is 2.28 bits per heavy atom. The van der Waals surface area contributed by atoms with Gasteiger partial charge in [-0.3, -0.25) is 4.79 Å². The summed E-state index contributed by atoms with van der Waals surface area (Å²) in [5.74, 6) is -0.468. The highest BCUT2D eigenvalue weighted by atomic mass is 79.9. The first-order valence-electron chi connectivity index (χ1n) is 7.97. The fraction of sp³-hybridized carbons (Fsp3) is 0.500. The van der Waals surface area contributed by atoms with Gasteiger partial charge in [0.25, 0.3) is 5.91 Å². The summed E-state index contributed by atoms with van der Waals surface area (Å²) in [7, 11) is 0. The van der Waals surface area contributed by atoms with Crippen molar-refractivity contribution in [3.63, 3.8) is 0 Å². The third-order valence-electron chi connectivity index (χ3n) is 4.21. The van der Waals surface area contributed by atoms with Gasteiger partial charge in [0.2, 0.25) is 0 Å². The number of pyridine rings is 1. The second kappa shape index (κ2) is 7.49. The zero-order chi connectivity index (χ0) is 17.5. The summed E-state index contributed by atoms with van der Waals surface area (Å²) in [5, 5.41) is 13.5. The van der Waals surface area contributed by atoms with E-state index in [0.29, 0.717) is 11.3 Å². The molecule has 2 aromatic rings. The number of piperidine rings is 1. The lowest BCUT2D eigenvalue weighted by Crippen LogP contribution is -2.43. The van der Waals surface area contributed by atoms with E-state index in [0.717, 1.165) is 41.5 Å². The maximum atomic E-state index is 12.2. The van der Waals surface area contributed by atoms with Crippen LogP contribution in [0.2, 0.25) is 0 Å². The zero-order valence-corrected chi connectivity index (χ0v) is 16.6. The summed E-state index contributed by atoms with van der Waals surface area (Å²) >= 11 is 3.58. The lowest BCUT2D eigenvalue weighted by molar-refractivity contribution is -0.130. The summed E-state index contributed by atoms with van der Waals surface area (Å²) in [4.78, 5) is 21.8. The van der Waals surface area contributed by atoms with Gasteiger partial charge < -0.3 is 26.0 Å². The molecule has 9 heteroatoms. The Hall–Kier alpha value is -1.35. The Morgan fingerprint density at radius 3 is 2.92 bits per heavy atom. The first-order valence-corrected chi connectivity index (χ1v) is 8.76. The maximum Gasteiger partial charge on any atom is 0.255 e. The van der Waals surface area contributed by atoms with Crippen molar-refractivity contribution >= 4 is 56.7 Å². The molecule has 0 radical (unpaired) electrons. The van der Waals surface area contributed by atoms with E-state index in [-0.39, 0.29) is 18.4 Å². The Balaban J connectivity index is 0.00000225. The average Bonchev–Trinajstić information content (AvgIpc) is 2.89. The number of H-pyrrole nitrogens is 1. The summed E-state index contributed by atoms with van der Waals surface area (Å²) in [6.45, 7) is 4.56. The minimum atomic E-state index is -1.46. The number of rotatable bonds is 3. The number of hydrogen-bond acceptors (Lipinski definition) is 5. The Morgan fingerprint density at radius 1 is 1.56 bits per heavy atom. The van der Waals surface area contributed by atoms with E-state index in [9.17, 15) is 9.90 Å². The average molecular weight is 433 g/mol. The first kappa shape index (κ1) is 20.0. The molecule has 0 unspecified atom stereocenters. The SMILES string of the molecule is CC(C)(O)C(=O)Nc1c[nH]c2ncc(Br)c(N3CCC[C@@H](N)C3)c12.Cl. The van der Waals surface area contributed by atoms with Gasteiger partial charge in [-0.15, -0.1) is 12.4 Å². The molecule has 138 valence electrons. The molecule has 1 aliphatic heterocycles. The molecule has 3 heterocycles. The van der Waals surface area contributed by atoms with Crippen molar-refractivity contribution in [2.75, 3.05) is 23.3 Å². The Bertz CT molecular complexity index is 774. The molecule has 1 aliphatic rings. The number of nitrogens with zero attached hydrogens (tertiary/aromatic N) is 2. The molecule has 0 aliphatic carbocycles. The smallest absolute Gasteiger partial charge is 0.255 e. The van der Waals surface area contributed by atoms with Gasteiger partial charge in [-0.1, -0.05) is 0 Å². The highest BCUT2D eigenvalue weighted by Gasteiger charge is 2.27. The van der Waals surface area contributed by atoms with E-state index >= 15 is 0 Å². The molecule has 1 fully saturated rings. The summed E-state index contributed by atoms with van der Waals surface area (Å²) in [6.07, 6.45) is 5.47. The summed E-state index contributed by atoms with van der Waals surface area (Å²) in [6, 6.07) is 0.127. The fourth-order valence-corrected chi connectivity index (χ4v) is 3.50. The van der Waals surface area contributed by atoms with Crippen LogP contribution in [0.5, 0.6) is 0 Å². The highest BCUT2D eigenvalue weighted by molar-refractivity contribution is 9.10. The molecular weight excluding hydrogens is 410 g/mol. The molecule has 0 saturated carbocycles. The number of carbonyl (C=O) groups excluding carboxylic acids is 1. The maximum absolute atomic E-state index is 12.2. The van der Waals surface area contributed by atoms with E-state index in [1.807, 2.05) is 0 Å². The number of hydrogen-bond donors (Lipinski definition) is 4. The van der Waals surface area contributed by atoms with Crippen LogP contribution < -0.4 is 16.0 Å². The molecule has 0 aromatic carbocycles. The van der Waals surface area contributed by atoms with Gasteiger partial charge in [0.15, 0.2) is 0 Å². The largest absolute Gasteiger partial charge is 0.381 e. The van der Waals surface area contributed by atoms with Crippen LogP contribution in [0.4, 0.5) is 11.4 Å². The Kier molecular flexibility index (Phi) is 5.98. The van der Waals surface area contributed by atoms with Gasteiger partial charge in [-0.05, 0) is 42.6 Å². The van der Waals surface area contributed by atoms with Crippen molar-refractivity contribution in [1.82, 2.24) is 9.97 Å². The molecule has 25 heavy (non-hydrogen) atoms. The van der Waals surface area contributed by atoms with Crippen LogP contribution in [0, 0.1) is 0 Å². The van der Waals surface area contributed by atoms with Crippen LogP contribution >= 0.6 is 28.3 Å². The highest BCUT2D eigenvalue weighted by Crippen LogP contribution is 2.38. The second-order valence-corrected chi connectivity index (χ2v) is 7.60. The van der Waals surface area contributed by atoms with Crippen molar-refractivity contribution in [3.8, 4) is 0 Å². The molecule has 3 rings (SSSR count). The molecule has 7 nitrogen and oxygen atoms in total. The van der Waals surface area contributed by atoms with Crippen molar-refractivity contribution in [3.05, 3.63) is 16.9 Å². The number of aliphatic hydroxyl groups is 1. The molecule has 0 spiro atoms. The number of carbonyl (C=O) groups is 1. The van der Waals surface area contributed by atoms with Crippen LogP contribution in [-0.2, 0) is 4.79 Å². The van der Waals surface area contributed by atoms with E-state index in [1.54, 1.807) is 12.4 Å². The molecular formula is C16H23BrClN5O2. The fourth-order valence-electron chi connectivity index (χ4n) is 2.95. The van der Waals surface area contributed by atoms with Gasteiger partial charge in [-0.25, -0.2) is 4.98 Å². The number of aromatic nitrogens is 2. The number of fused-ring (bicyclic) bond motifs is 1. The lowest BCUT2D eigenvalue weighted by Gasteiger charge is -2.33. The third-order valence-corrected chi connectivity index (χ3v) is 4.79. The topological polar surface area (TPSA) is 107 Å². The van der Waals surface area contributed by atoms with Crippen molar-refractivity contribution in [2.24, 2.45) is 5.73 Å². The van der Waals surface area contributed by atoms with Gasteiger partial charge in [0.1, 0.15) is 11.2 Å². The number of aromatic amines is 1. The number of anilines is 2. The standard InChI is InChI=1S/C16H22BrN5O2.ClH/c1-16(2,24)15(23)21-11-7-20-14-12(11)13(10(17)6-19-14)22-5-3-4-9(18)8-22;/h6-7,9,24H,3-5,8,18H2,1-2H3,(H,19,20)(H,21,23);1H/t9-;/m1./s1. The lowest BCUT2D eigenvalue weighted by atomic mass is 10.1. The third kappa shape index (κ3) is 4.08. The minimum Gasteiger partial charge on any atom is -0.381 e. The number of halogens is 2. The molecule has 1 saturated heterocycles. The predicted molar refractivity (Wildman–Crippen MR) is 105 cm³/mol. The van der Waals surface area contributed by atoms with Crippen molar-refractivity contribution in [1.29, 1.82) is 0 Å². The van der Waals surface area contributed by atoms with Crippen LogP contribution in [0.25, 0.3) is 11.0 Å². The van der Waals surface area contributed by atoms with Crippen LogP contribution in [0.1, 0.15) is 26.7 Å². The number of amides is 1. The van der Waals surface area contributed by atoms with Gasteiger partial charge in [0.05, 0.1) is 21.2 Å². The predicted octanol–water partition coefficient (Wildman–Crippen LogP) is 2.38. The van der Waals surface area contributed by atoms with E-state index in [1.165, 1.54) is 13.8 Å². The molecule has 0 bridgehead atoms. The zero-order valence-electron chi connectivity index (χ0n) is 14.2. The quantitative estimate of drug-likeness (QED) is 0.596.